The Morgan fingerprint density at radius 1 is 1.14 bits per heavy atom. The molecular weight excluding hydrogens is 376 g/mol. The van der Waals surface area contributed by atoms with Gasteiger partial charge in [-0.05, 0) is 24.3 Å². The first-order valence-electron chi connectivity index (χ1n) is 8.83. The van der Waals surface area contributed by atoms with E-state index in [1.807, 2.05) is 0 Å². The number of amides is 1. The average Bonchev–Trinajstić information content (AvgIpc) is 3.22. The van der Waals surface area contributed by atoms with E-state index in [-0.39, 0.29) is 31.3 Å². The number of pyridine rings is 1. The fourth-order valence-corrected chi connectivity index (χ4v) is 2.89. The maximum absolute atomic E-state index is 12.2. The summed E-state index contributed by atoms with van der Waals surface area (Å²) >= 11 is 0. The highest BCUT2D eigenvalue weighted by molar-refractivity contribution is 5.78. The van der Waals surface area contributed by atoms with Gasteiger partial charge in [0.25, 0.3) is 5.56 Å². The summed E-state index contributed by atoms with van der Waals surface area (Å²) in [5.74, 6) is 0.371. The number of fused-ring (bicyclic) bond motifs is 1. The zero-order valence-electron chi connectivity index (χ0n) is 15.2. The molecule has 29 heavy (non-hydrogen) atoms. The van der Waals surface area contributed by atoms with Gasteiger partial charge in [-0.3, -0.25) is 24.1 Å². The van der Waals surface area contributed by atoms with E-state index in [1.165, 1.54) is 4.57 Å². The van der Waals surface area contributed by atoms with Crippen LogP contribution in [0.25, 0.3) is 22.3 Å². The van der Waals surface area contributed by atoms with Crippen molar-refractivity contribution in [2.75, 3.05) is 0 Å². The van der Waals surface area contributed by atoms with Crippen molar-refractivity contribution >= 4 is 16.8 Å². The van der Waals surface area contributed by atoms with Crippen molar-refractivity contribution in [3.63, 3.8) is 0 Å². The highest BCUT2D eigenvalue weighted by atomic mass is 16.5. The van der Waals surface area contributed by atoms with Crippen LogP contribution in [0, 0.1) is 0 Å². The van der Waals surface area contributed by atoms with Crippen molar-refractivity contribution in [3.8, 4) is 11.4 Å². The number of aromatic amines is 1. The Labute approximate surface area is 163 Å². The number of carbonyl (C=O) groups excluding carboxylic acids is 1. The molecule has 2 N–H and O–H groups in total. The molecule has 1 aromatic carbocycles. The summed E-state index contributed by atoms with van der Waals surface area (Å²) in [6.07, 6.45) is 3.28. The number of hydrogen-bond donors (Lipinski definition) is 2. The van der Waals surface area contributed by atoms with Crippen molar-refractivity contribution in [3.05, 3.63) is 75.5 Å². The number of nitrogens with one attached hydrogen (secondary N) is 2. The number of aryl methyl sites for hydroxylation is 1. The second-order valence-electron chi connectivity index (χ2n) is 6.20. The number of rotatable bonds is 6. The zero-order valence-corrected chi connectivity index (χ0v) is 15.2. The van der Waals surface area contributed by atoms with Crippen molar-refractivity contribution in [1.29, 1.82) is 0 Å². The van der Waals surface area contributed by atoms with Crippen LogP contribution in [0.15, 0.2) is 62.9 Å². The molecule has 0 fully saturated rings. The minimum Gasteiger partial charge on any atom is -0.347 e. The molecule has 0 unspecified atom stereocenters. The largest absolute Gasteiger partial charge is 0.347 e. The topological polar surface area (TPSA) is 136 Å². The molecule has 0 aliphatic heterocycles. The van der Waals surface area contributed by atoms with Gasteiger partial charge in [-0.1, -0.05) is 17.3 Å². The van der Waals surface area contributed by atoms with Crippen LogP contribution in [-0.4, -0.2) is 30.6 Å². The van der Waals surface area contributed by atoms with Crippen LogP contribution >= 0.6 is 0 Å². The lowest BCUT2D eigenvalue weighted by molar-refractivity contribution is -0.121. The summed E-state index contributed by atoms with van der Waals surface area (Å²) in [6, 6.07) is 10.2. The standard InChI is InChI=1S/C19H16N6O4/c26-15(21-11-16-22-17(24-29-16)12-5-8-20-9-6-12)7-10-25-14-4-2-1-3-13(14)18(27)23-19(25)28/h1-6,8-9H,7,10-11H2,(H,21,26)(H,23,27,28). The number of hydrogen-bond acceptors (Lipinski definition) is 7. The van der Waals surface area contributed by atoms with E-state index in [4.69, 9.17) is 4.52 Å². The van der Waals surface area contributed by atoms with Gasteiger partial charge in [-0.2, -0.15) is 4.98 Å². The van der Waals surface area contributed by atoms with Crippen molar-refractivity contribution in [1.82, 2.24) is 30.0 Å². The molecule has 0 atom stereocenters. The van der Waals surface area contributed by atoms with E-state index in [2.05, 4.69) is 25.4 Å². The fourth-order valence-electron chi connectivity index (χ4n) is 2.89. The quantitative estimate of drug-likeness (QED) is 0.496. The van der Waals surface area contributed by atoms with E-state index in [0.29, 0.717) is 16.7 Å². The number of nitrogens with zero attached hydrogens (tertiary/aromatic N) is 4. The predicted octanol–water partition coefficient (Wildman–Crippen LogP) is 0.841. The molecule has 3 heterocycles. The van der Waals surface area contributed by atoms with Crippen LogP contribution in [0.3, 0.4) is 0 Å². The lowest BCUT2D eigenvalue weighted by Crippen LogP contribution is -2.32. The molecule has 0 spiro atoms. The molecule has 0 bridgehead atoms. The number of aromatic nitrogens is 5. The fraction of sp³-hybridized carbons (Fsp3) is 0.158. The summed E-state index contributed by atoms with van der Waals surface area (Å²) < 4.78 is 6.50. The lowest BCUT2D eigenvalue weighted by Gasteiger charge is -2.09. The van der Waals surface area contributed by atoms with Crippen molar-refractivity contribution in [2.45, 2.75) is 19.5 Å². The number of benzene rings is 1. The van der Waals surface area contributed by atoms with Gasteiger partial charge in [0, 0.05) is 30.9 Å². The molecule has 10 nitrogen and oxygen atoms in total. The molecule has 10 heteroatoms. The maximum Gasteiger partial charge on any atom is 0.328 e. The van der Waals surface area contributed by atoms with Gasteiger partial charge < -0.3 is 9.84 Å². The van der Waals surface area contributed by atoms with Gasteiger partial charge in [-0.15, -0.1) is 0 Å². The first kappa shape index (κ1) is 18.3. The second-order valence-corrected chi connectivity index (χ2v) is 6.20. The third kappa shape index (κ3) is 3.95. The minimum absolute atomic E-state index is 0.0430. The van der Waals surface area contributed by atoms with Gasteiger partial charge in [0.2, 0.25) is 17.6 Å². The minimum atomic E-state index is -0.555. The molecule has 4 aromatic rings. The molecule has 146 valence electrons. The van der Waals surface area contributed by atoms with E-state index in [9.17, 15) is 14.4 Å². The van der Waals surface area contributed by atoms with Crippen LogP contribution < -0.4 is 16.6 Å². The molecule has 0 saturated heterocycles. The normalized spacial score (nSPS) is 10.9. The average molecular weight is 392 g/mol. The Morgan fingerprint density at radius 2 is 1.93 bits per heavy atom. The third-order valence-corrected chi connectivity index (χ3v) is 4.31. The van der Waals surface area contributed by atoms with Crippen molar-refractivity contribution < 1.29 is 9.32 Å². The predicted molar refractivity (Wildman–Crippen MR) is 103 cm³/mol. The Balaban J connectivity index is 1.39. The van der Waals surface area contributed by atoms with E-state index in [0.717, 1.165) is 5.56 Å². The zero-order chi connectivity index (χ0) is 20.2. The Morgan fingerprint density at radius 3 is 2.76 bits per heavy atom. The first-order valence-corrected chi connectivity index (χ1v) is 8.83. The van der Waals surface area contributed by atoms with Gasteiger partial charge in [0.1, 0.15) is 0 Å². The van der Waals surface area contributed by atoms with Crippen LogP contribution in [0.2, 0.25) is 0 Å². The summed E-state index contributed by atoms with van der Waals surface area (Å²) in [5.41, 5.74) is 0.228. The molecule has 4 rings (SSSR count). The van der Waals surface area contributed by atoms with Crippen LogP contribution in [0.5, 0.6) is 0 Å². The van der Waals surface area contributed by atoms with E-state index >= 15 is 0 Å². The van der Waals surface area contributed by atoms with Crippen LogP contribution in [-0.2, 0) is 17.9 Å². The SMILES string of the molecule is O=C(CCn1c(=O)[nH]c(=O)c2ccccc21)NCc1nc(-c2ccncc2)no1. The summed E-state index contributed by atoms with van der Waals surface area (Å²) in [4.78, 5) is 46.6. The van der Waals surface area contributed by atoms with Gasteiger partial charge in [0.05, 0.1) is 17.4 Å². The molecular formula is C19H16N6O4. The van der Waals surface area contributed by atoms with Gasteiger partial charge >= 0.3 is 5.69 Å². The molecule has 0 aliphatic carbocycles. The Kier molecular flexibility index (Phi) is 4.97. The number of H-pyrrole nitrogens is 1. The third-order valence-electron chi connectivity index (χ3n) is 4.31. The Bertz CT molecular complexity index is 1280. The van der Waals surface area contributed by atoms with Crippen LogP contribution in [0.1, 0.15) is 12.3 Å². The highest BCUT2D eigenvalue weighted by Gasteiger charge is 2.11. The molecule has 3 aromatic heterocycles. The number of para-hydroxylation sites is 1. The monoisotopic (exact) mass is 392 g/mol. The molecule has 1 amide bonds. The summed E-state index contributed by atoms with van der Waals surface area (Å²) in [7, 11) is 0. The van der Waals surface area contributed by atoms with E-state index < -0.39 is 11.2 Å². The van der Waals surface area contributed by atoms with Gasteiger partial charge in [0.15, 0.2) is 0 Å². The lowest BCUT2D eigenvalue weighted by atomic mass is 10.2. The number of carbonyl (C=O) groups is 1. The highest BCUT2D eigenvalue weighted by Crippen LogP contribution is 2.13. The second kappa shape index (κ2) is 7.89. The van der Waals surface area contributed by atoms with Crippen LogP contribution in [0.4, 0.5) is 0 Å². The maximum atomic E-state index is 12.2. The van der Waals surface area contributed by atoms with E-state index in [1.54, 1.807) is 48.8 Å². The smallest absolute Gasteiger partial charge is 0.328 e. The summed E-state index contributed by atoms with van der Waals surface area (Å²) in [6.45, 7) is 0.187. The van der Waals surface area contributed by atoms with Crippen molar-refractivity contribution in [2.24, 2.45) is 0 Å². The molecule has 0 radical (unpaired) electrons. The Hall–Kier alpha value is -4.08. The molecule has 0 saturated carbocycles. The van der Waals surface area contributed by atoms with Gasteiger partial charge in [-0.25, -0.2) is 4.79 Å². The first-order chi connectivity index (χ1) is 14.1. The molecule has 0 aliphatic rings. The summed E-state index contributed by atoms with van der Waals surface area (Å²) in [5, 5.41) is 6.94.